The molecule has 1 aromatic carbocycles. The molecule has 3 aromatic heterocycles. The number of halogens is 2. The minimum atomic E-state index is -0.746. The molecule has 0 atom stereocenters. The van der Waals surface area contributed by atoms with Gasteiger partial charge in [0.05, 0.1) is 10.4 Å². The second-order valence-electron chi connectivity index (χ2n) is 6.62. The Bertz CT molecular complexity index is 1300. The number of pyridine rings is 1. The number of nitrogens with zero attached hydrogens (tertiary/aromatic N) is 3. The highest BCUT2D eigenvalue weighted by molar-refractivity contribution is 7.17. The lowest BCUT2D eigenvalue weighted by Crippen LogP contribution is -2.09. The van der Waals surface area contributed by atoms with Crippen molar-refractivity contribution in [3.8, 4) is 21.9 Å². The van der Waals surface area contributed by atoms with Gasteiger partial charge in [0.15, 0.2) is 5.78 Å². The number of carbonyl (C=O) groups excluding carboxylic acids is 1. The van der Waals surface area contributed by atoms with E-state index in [0.717, 1.165) is 27.3 Å². The fourth-order valence-corrected chi connectivity index (χ4v) is 3.96. The molecule has 0 spiro atoms. The molecule has 9 heteroatoms. The van der Waals surface area contributed by atoms with Crippen molar-refractivity contribution in [1.82, 2.24) is 14.8 Å². The van der Waals surface area contributed by atoms with E-state index < -0.39 is 17.4 Å². The van der Waals surface area contributed by atoms with Crippen LogP contribution in [0.5, 0.6) is 0 Å². The molecule has 0 saturated heterocycles. The molecule has 0 saturated carbocycles. The fourth-order valence-electron chi connectivity index (χ4n) is 2.94. The smallest absolute Gasteiger partial charge is 0.388 e. The lowest BCUT2D eigenvalue weighted by Gasteiger charge is -2.05. The van der Waals surface area contributed by atoms with E-state index in [4.69, 9.17) is 4.42 Å². The van der Waals surface area contributed by atoms with Gasteiger partial charge in [0.1, 0.15) is 11.6 Å². The van der Waals surface area contributed by atoms with Crippen LogP contribution in [-0.2, 0) is 13.5 Å². The molecule has 0 aliphatic rings. The summed E-state index contributed by atoms with van der Waals surface area (Å²) in [5, 5.41) is 4.02. The minimum Gasteiger partial charge on any atom is -0.388 e. The Labute approximate surface area is 173 Å². The number of aryl methyl sites for hydroxylation is 2. The van der Waals surface area contributed by atoms with E-state index in [2.05, 4.69) is 10.1 Å². The van der Waals surface area contributed by atoms with Crippen molar-refractivity contribution in [3.05, 3.63) is 80.9 Å². The van der Waals surface area contributed by atoms with Crippen molar-refractivity contribution in [3.63, 3.8) is 0 Å². The summed E-state index contributed by atoms with van der Waals surface area (Å²) in [5.74, 6) is -2.32. The van der Waals surface area contributed by atoms with Crippen LogP contribution in [0.2, 0.25) is 0 Å². The first-order chi connectivity index (χ1) is 14.3. The highest BCUT2D eigenvalue weighted by Crippen LogP contribution is 2.33. The van der Waals surface area contributed by atoms with Crippen LogP contribution in [0.25, 0.3) is 21.9 Å². The summed E-state index contributed by atoms with van der Waals surface area (Å²) in [5.41, 5.74) is 1.71. The first kappa shape index (κ1) is 19.8. The molecule has 0 bridgehead atoms. The maximum absolute atomic E-state index is 13.8. The van der Waals surface area contributed by atoms with Crippen LogP contribution in [0.1, 0.15) is 20.9 Å². The Morgan fingerprint density at radius 1 is 1.20 bits per heavy atom. The summed E-state index contributed by atoms with van der Waals surface area (Å²) in [4.78, 5) is 29.6. The van der Waals surface area contributed by atoms with E-state index in [1.54, 1.807) is 24.4 Å². The van der Waals surface area contributed by atoms with E-state index in [-0.39, 0.29) is 23.7 Å². The predicted molar refractivity (Wildman–Crippen MR) is 107 cm³/mol. The normalized spacial score (nSPS) is 11.1. The molecule has 6 nitrogen and oxygen atoms in total. The van der Waals surface area contributed by atoms with E-state index in [9.17, 15) is 18.4 Å². The molecule has 152 valence electrons. The fraction of sp³-hybridized carbons (Fsp3) is 0.143. The predicted octanol–water partition coefficient (Wildman–Crippen LogP) is 4.18. The van der Waals surface area contributed by atoms with Gasteiger partial charge in [-0.2, -0.15) is 4.68 Å². The third-order valence-electron chi connectivity index (χ3n) is 4.57. The average molecular weight is 427 g/mol. The monoisotopic (exact) mass is 427 g/mol. The van der Waals surface area contributed by atoms with Gasteiger partial charge in [0.25, 0.3) is 5.89 Å². The average Bonchev–Trinajstić information content (AvgIpc) is 3.32. The Hall–Kier alpha value is -3.46. The standard InChI is InChI=1S/C21H15F2N3O3S/c1-11-13(8-12(10-24-11)20-25-26(2)21(28)29-20)18-6-7-19(30-18)17(27)9-14-15(22)4-3-5-16(14)23/h3-8,10H,9H2,1-2H3. The van der Waals surface area contributed by atoms with E-state index >= 15 is 0 Å². The van der Waals surface area contributed by atoms with Gasteiger partial charge in [-0.25, -0.2) is 13.6 Å². The van der Waals surface area contributed by atoms with Crippen molar-refractivity contribution in [2.45, 2.75) is 13.3 Å². The summed E-state index contributed by atoms with van der Waals surface area (Å²) in [6, 6.07) is 8.65. The number of thiophene rings is 1. The van der Waals surface area contributed by atoms with Crippen molar-refractivity contribution < 1.29 is 18.0 Å². The summed E-state index contributed by atoms with van der Waals surface area (Å²) in [6.45, 7) is 1.81. The molecule has 0 radical (unpaired) electrons. The number of hydrogen-bond donors (Lipinski definition) is 0. The number of hydrogen-bond acceptors (Lipinski definition) is 6. The van der Waals surface area contributed by atoms with Crippen LogP contribution in [0.3, 0.4) is 0 Å². The van der Waals surface area contributed by atoms with Crippen LogP contribution in [0, 0.1) is 18.6 Å². The van der Waals surface area contributed by atoms with Crippen LogP contribution < -0.4 is 5.76 Å². The Morgan fingerprint density at radius 2 is 1.93 bits per heavy atom. The third-order valence-corrected chi connectivity index (χ3v) is 5.73. The van der Waals surface area contributed by atoms with Crippen LogP contribution in [0.4, 0.5) is 8.78 Å². The summed E-state index contributed by atoms with van der Waals surface area (Å²) < 4.78 is 33.9. The van der Waals surface area contributed by atoms with Crippen molar-refractivity contribution in [2.24, 2.45) is 7.05 Å². The quantitative estimate of drug-likeness (QED) is 0.447. The third kappa shape index (κ3) is 3.71. The minimum absolute atomic E-state index is 0.138. The highest BCUT2D eigenvalue weighted by Gasteiger charge is 2.18. The molecule has 4 rings (SSSR count). The second-order valence-corrected chi connectivity index (χ2v) is 7.70. The zero-order valence-corrected chi connectivity index (χ0v) is 16.8. The van der Waals surface area contributed by atoms with Gasteiger partial charge in [0, 0.05) is 41.4 Å². The van der Waals surface area contributed by atoms with Gasteiger partial charge in [-0.05, 0) is 37.3 Å². The molecular formula is C21H15F2N3O3S. The first-order valence-electron chi connectivity index (χ1n) is 8.91. The summed E-state index contributed by atoms with van der Waals surface area (Å²) >= 11 is 1.20. The molecule has 4 aromatic rings. The second kappa shape index (κ2) is 7.75. The van der Waals surface area contributed by atoms with E-state index in [1.165, 1.54) is 24.5 Å². The number of rotatable bonds is 5. The Kier molecular flexibility index (Phi) is 5.13. The van der Waals surface area contributed by atoms with Crippen molar-refractivity contribution in [2.75, 3.05) is 0 Å². The van der Waals surface area contributed by atoms with Gasteiger partial charge in [-0.15, -0.1) is 16.4 Å². The van der Waals surface area contributed by atoms with Gasteiger partial charge >= 0.3 is 5.76 Å². The number of carbonyl (C=O) groups is 1. The first-order valence-corrected chi connectivity index (χ1v) is 9.72. The molecule has 0 aliphatic heterocycles. The molecule has 0 amide bonds. The zero-order valence-electron chi connectivity index (χ0n) is 16.0. The number of Topliss-reactive ketones (excluding diaryl/α,β-unsaturated/α-hetero) is 1. The molecule has 0 unspecified atom stereocenters. The van der Waals surface area contributed by atoms with E-state index in [0.29, 0.717) is 16.1 Å². The number of benzene rings is 1. The molecule has 0 aliphatic carbocycles. The molecule has 0 N–H and O–H groups in total. The summed E-state index contributed by atoms with van der Waals surface area (Å²) in [7, 11) is 1.48. The molecular weight excluding hydrogens is 412 g/mol. The Balaban J connectivity index is 1.64. The van der Waals surface area contributed by atoms with Crippen LogP contribution >= 0.6 is 11.3 Å². The zero-order chi connectivity index (χ0) is 21.4. The van der Waals surface area contributed by atoms with Gasteiger partial charge < -0.3 is 4.42 Å². The highest BCUT2D eigenvalue weighted by atomic mass is 32.1. The lowest BCUT2D eigenvalue weighted by molar-refractivity contribution is 0.0994. The van der Waals surface area contributed by atoms with E-state index in [1.807, 2.05) is 6.92 Å². The number of ketones is 1. The SMILES string of the molecule is Cc1ncc(-c2nn(C)c(=O)o2)cc1-c1ccc(C(=O)Cc2c(F)cccc2F)s1. The molecule has 3 heterocycles. The van der Waals surface area contributed by atoms with Crippen LogP contribution in [0.15, 0.2) is 51.8 Å². The maximum Gasteiger partial charge on any atom is 0.437 e. The topological polar surface area (TPSA) is 78.0 Å². The summed E-state index contributed by atoms with van der Waals surface area (Å²) in [6.07, 6.45) is 1.18. The van der Waals surface area contributed by atoms with Gasteiger partial charge in [0.2, 0.25) is 0 Å². The van der Waals surface area contributed by atoms with Gasteiger partial charge in [-0.3, -0.25) is 9.78 Å². The largest absolute Gasteiger partial charge is 0.437 e. The maximum atomic E-state index is 13.8. The Morgan fingerprint density at radius 3 is 2.60 bits per heavy atom. The van der Waals surface area contributed by atoms with Gasteiger partial charge in [-0.1, -0.05) is 6.07 Å². The van der Waals surface area contributed by atoms with Crippen LogP contribution in [-0.4, -0.2) is 20.5 Å². The molecule has 30 heavy (non-hydrogen) atoms. The van der Waals surface area contributed by atoms with Crippen molar-refractivity contribution >= 4 is 17.1 Å². The lowest BCUT2D eigenvalue weighted by atomic mass is 10.1. The number of aromatic nitrogens is 3. The van der Waals surface area contributed by atoms with Crippen molar-refractivity contribution in [1.29, 1.82) is 0 Å². The molecule has 0 fully saturated rings.